The van der Waals surface area contributed by atoms with Gasteiger partial charge in [-0.05, 0) is 31.5 Å². The van der Waals surface area contributed by atoms with E-state index in [-0.39, 0.29) is 18.0 Å². The predicted octanol–water partition coefficient (Wildman–Crippen LogP) is 2.37. The molecule has 0 aliphatic rings. The number of ketones is 1. The maximum Gasteiger partial charge on any atom is 0.165 e. The molecule has 0 saturated carbocycles. The molecule has 1 rings (SSSR count). The van der Waals surface area contributed by atoms with Gasteiger partial charge in [0.05, 0.1) is 7.11 Å². The molecule has 0 fully saturated rings. The van der Waals surface area contributed by atoms with Crippen molar-refractivity contribution in [3.63, 3.8) is 0 Å². The topological polar surface area (TPSA) is 35.5 Å². The quantitative estimate of drug-likeness (QED) is 0.765. The van der Waals surface area contributed by atoms with Crippen molar-refractivity contribution in [2.45, 2.75) is 26.4 Å². The van der Waals surface area contributed by atoms with Crippen LogP contribution in [-0.2, 0) is 16.0 Å². The van der Waals surface area contributed by atoms with Gasteiger partial charge in [0, 0.05) is 13.0 Å². The normalized spacial score (nSPS) is 12.2. The molecule has 1 aromatic carbocycles. The average Bonchev–Trinajstić information content (AvgIpc) is 2.29. The van der Waals surface area contributed by atoms with Crippen molar-refractivity contribution >= 4 is 5.78 Å². The molecule has 1 unspecified atom stereocenters. The van der Waals surface area contributed by atoms with Crippen LogP contribution in [0.2, 0.25) is 0 Å². The third-order valence-corrected chi connectivity index (χ3v) is 2.46. The highest BCUT2D eigenvalue weighted by Gasteiger charge is 2.14. The Labute approximate surface area is 101 Å². The number of carbonyl (C=O) groups excluding carboxylic acids is 1. The molecular weight excluding hydrogens is 223 g/mol. The van der Waals surface area contributed by atoms with Gasteiger partial charge in [-0.25, -0.2) is 4.39 Å². The van der Waals surface area contributed by atoms with E-state index in [1.54, 1.807) is 13.0 Å². The Morgan fingerprint density at radius 2 is 2.18 bits per heavy atom. The van der Waals surface area contributed by atoms with E-state index in [4.69, 9.17) is 9.47 Å². The summed E-state index contributed by atoms with van der Waals surface area (Å²) in [6.07, 6.45) is -0.285. The molecule has 0 spiro atoms. The van der Waals surface area contributed by atoms with Gasteiger partial charge >= 0.3 is 0 Å². The zero-order chi connectivity index (χ0) is 12.8. The van der Waals surface area contributed by atoms with Crippen molar-refractivity contribution in [2.24, 2.45) is 0 Å². The Morgan fingerprint density at radius 1 is 1.47 bits per heavy atom. The number of hydrogen-bond donors (Lipinski definition) is 0. The van der Waals surface area contributed by atoms with Crippen LogP contribution in [0.1, 0.15) is 19.4 Å². The summed E-state index contributed by atoms with van der Waals surface area (Å²) in [5, 5.41) is 0. The monoisotopic (exact) mass is 240 g/mol. The van der Waals surface area contributed by atoms with Gasteiger partial charge in [-0.2, -0.15) is 0 Å². The largest absolute Gasteiger partial charge is 0.494 e. The minimum Gasteiger partial charge on any atom is -0.494 e. The fraction of sp³-hybridized carbons (Fsp3) is 0.462. The molecule has 1 atom stereocenters. The SMILES string of the molecule is CCOC(C)C(=O)Cc1ccc(OC)c(F)c1. The van der Waals surface area contributed by atoms with Crippen LogP contribution >= 0.6 is 0 Å². The Balaban J connectivity index is 2.69. The van der Waals surface area contributed by atoms with E-state index in [0.717, 1.165) is 0 Å². The first-order chi connectivity index (χ1) is 8.08. The zero-order valence-corrected chi connectivity index (χ0v) is 10.3. The van der Waals surface area contributed by atoms with E-state index in [2.05, 4.69) is 0 Å². The van der Waals surface area contributed by atoms with Crippen LogP contribution in [0.15, 0.2) is 18.2 Å². The first-order valence-electron chi connectivity index (χ1n) is 5.55. The molecule has 0 saturated heterocycles. The number of rotatable bonds is 6. The molecule has 1 aromatic rings. The molecule has 0 amide bonds. The molecule has 0 aliphatic carbocycles. The fourth-order valence-electron chi connectivity index (χ4n) is 1.51. The Bertz CT molecular complexity index is 390. The molecule has 0 radical (unpaired) electrons. The molecule has 94 valence electrons. The number of ether oxygens (including phenoxy) is 2. The highest BCUT2D eigenvalue weighted by atomic mass is 19.1. The summed E-state index contributed by atoms with van der Waals surface area (Å²) >= 11 is 0. The lowest BCUT2D eigenvalue weighted by Crippen LogP contribution is -2.22. The molecule has 17 heavy (non-hydrogen) atoms. The van der Waals surface area contributed by atoms with Crippen LogP contribution in [0.5, 0.6) is 5.75 Å². The zero-order valence-electron chi connectivity index (χ0n) is 10.3. The molecule has 4 heteroatoms. The number of hydrogen-bond acceptors (Lipinski definition) is 3. The second-order valence-electron chi connectivity index (χ2n) is 3.71. The Hall–Kier alpha value is -1.42. The van der Waals surface area contributed by atoms with Gasteiger partial charge in [-0.1, -0.05) is 6.07 Å². The summed E-state index contributed by atoms with van der Waals surface area (Å²) < 4.78 is 23.4. The van der Waals surface area contributed by atoms with Crippen LogP contribution in [0, 0.1) is 5.82 Å². The maximum absolute atomic E-state index is 13.4. The second-order valence-corrected chi connectivity index (χ2v) is 3.71. The van der Waals surface area contributed by atoms with E-state index < -0.39 is 11.9 Å². The smallest absolute Gasteiger partial charge is 0.165 e. The van der Waals surface area contributed by atoms with E-state index in [1.165, 1.54) is 19.2 Å². The molecule has 0 heterocycles. The minimum atomic E-state index is -0.457. The summed E-state index contributed by atoms with van der Waals surface area (Å²) in [4.78, 5) is 11.7. The van der Waals surface area contributed by atoms with Gasteiger partial charge in [0.25, 0.3) is 0 Å². The van der Waals surface area contributed by atoms with Crippen LogP contribution in [0.3, 0.4) is 0 Å². The standard InChI is InChI=1S/C13H17FO3/c1-4-17-9(2)12(15)8-10-5-6-13(16-3)11(14)7-10/h5-7,9H,4,8H2,1-3H3. The number of halogens is 1. The van der Waals surface area contributed by atoms with Crippen LogP contribution < -0.4 is 4.74 Å². The van der Waals surface area contributed by atoms with Crippen LogP contribution in [0.4, 0.5) is 4.39 Å². The first-order valence-corrected chi connectivity index (χ1v) is 5.55. The number of methoxy groups -OCH3 is 1. The van der Waals surface area contributed by atoms with Crippen LogP contribution in [-0.4, -0.2) is 25.6 Å². The number of carbonyl (C=O) groups is 1. The highest BCUT2D eigenvalue weighted by molar-refractivity contribution is 5.84. The maximum atomic E-state index is 13.4. The molecule has 0 bridgehead atoms. The third kappa shape index (κ3) is 3.82. The van der Waals surface area contributed by atoms with Crippen LogP contribution in [0.25, 0.3) is 0 Å². The fourth-order valence-corrected chi connectivity index (χ4v) is 1.51. The van der Waals surface area contributed by atoms with Gasteiger partial charge in [-0.15, -0.1) is 0 Å². The Kier molecular flexibility index (Phi) is 5.10. The van der Waals surface area contributed by atoms with Crippen molar-refractivity contribution < 1.29 is 18.7 Å². The summed E-state index contributed by atoms with van der Waals surface area (Å²) in [7, 11) is 1.40. The average molecular weight is 240 g/mol. The number of benzene rings is 1. The first kappa shape index (κ1) is 13.6. The number of Topliss-reactive ketones (excluding diaryl/α,β-unsaturated/α-hetero) is 1. The summed E-state index contributed by atoms with van der Waals surface area (Å²) in [6, 6.07) is 4.51. The molecule has 0 aromatic heterocycles. The third-order valence-electron chi connectivity index (χ3n) is 2.46. The summed E-state index contributed by atoms with van der Waals surface area (Å²) in [6.45, 7) is 4.02. The van der Waals surface area contributed by atoms with Gasteiger partial charge in [0.2, 0.25) is 0 Å². The van der Waals surface area contributed by atoms with Crippen molar-refractivity contribution in [3.8, 4) is 5.75 Å². The molecular formula is C13H17FO3. The van der Waals surface area contributed by atoms with Crippen molar-refractivity contribution in [3.05, 3.63) is 29.6 Å². The summed E-state index contributed by atoms with van der Waals surface area (Å²) in [5.41, 5.74) is 0.625. The van der Waals surface area contributed by atoms with E-state index >= 15 is 0 Å². The Morgan fingerprint density at radius 3 is 2.71 bits per heavy atom. The molecule has 0 aliphatic heterocycles. The highest BCUT2D eigenvalue weighted by Crippen LogP contribution is 2.18. The summed E-state index contributed by atoms with van der Waals surface area (Å²) in [5.74, 6) is -0.336. The van der Waals surface area contributed by atoms with E-state index in [0.29, 0.717) is 12.2 Å². The molecule has 3 nitrogen and oxygen atoms in total. The van der Waals surface area contributed by atoms with Gasteiger partial charge in [0.15, 0.2) is 17.3 Å². The van der Waals surface area contributed by atoms with Gasteiger partial charge in [-0.3, -0.25) is 4.79 Å². The van der Waals surface area contributed by atoms with Crippen molar-refractivity contribution in [1.82, 2.24) is 0 Å². The van der Waals surface area contributed by atoms with E-state index in [9.17, 15) is 9.18 Å². The lowest BCUT2D eigenvalue weighted by atomic mass is 10.1. The van der Waals surface area contributed by atoms with E-state index in [1.807, 2.05) is 6.92 Å². The van der Waals surface area contributed by atoms with Crippen molar-refractivity contribution in [2.75, 3.05) is 13.7 Å². The lowest BCUT2D eigenvalue weighted by molar-refractivity contribution is -0.128. The predicted molar refractivity (Wildman–Crippen MR) is 62.8 cm³/mol. The van der Waals surface area contributed by atoms with Gasteiger partial charge < -0.3 is 9.47 Å². The minimum absolute atomic E-state index is 0.0589. The molecule has 0 N–H and O–H groups in total. The lowest BCUT2D eigenvalue weighted by Gasteiger charge is -2.10. The second kappa shape index (κ2) is 6.35. The van der Waals surface area contributed by atoms with Crippen molar-refractivity contribution in [1.29, 1.82) is 0 Å². The van der Waals surface area contributed by atoms with Gasteiger partial charge in [0.1, 0.15) is 6.10 Å².